The number of aliphatic imine (C=N–C) groups is 1. The minimum absolute atomic E-state index is 0.0148. The van der Waals surface area contributed by atoms with E-state index in [9.17, 15) is 0 Å². The molecular formula is C20H22N2O3. The summed E-state index contributed by atoms with van der Waals surface area (Å²) in [4.78, 5) is 8.91. The van der Waals surface area contributed by atoms with E-state index in [2.05, 4.69) is 11.1 Å². The van der Waals surface area contributed by atoms with Crippen LogP contribution in [0.15, 0.2) is 53.3 Å². The molecule has 0 aliphatic carbocycles. The molecule has 0 saturated heterocycles. The van der Waals surface area contributed by atoms with Gasteiger partial charge in [0.1, 0.15) is 18.1 Å². The van der Waals surface area contributed by atoms with Crippen LogP contribution in [0.25, 0.3) is 6.08 Å². The Kier molecular flexibility index (Phi) is 5.80. The van der Waals surface area contributed by atoms with Crippen molar-refractivity contribution in [1.82, 2.24) is 4.98 Å². The van der Waals surface area contributed by atoms with Crippen LogP contribution in [0.4, 0.5) is 0 Å². The third-order valence-electron chi connectivity index (χ3n) is 4.01. The second kappa shape index (κ2) is 8.44. The molecule has 1 aliphatic rings. The van der Waals surface area contributed by atoms with Gasteiger partial charge in [0.15, 0.2) is 0 Å². The summed E-state index contributed by atoms with van der Waals surface area (Å²) in [6.45, 7) is 1.09. The van der Waals surface area contributed by atoms with E-state index in [1.807, 2.05) is 36.5 Å². The molecule has 2 aromatic rings. The molecule has 0 bridgehead atoms. The van der Waals surface area contributed by atoms with Crippen molar-refractivity contribution in [2.24, 2.45) is 4.99 Å². The van der Waals surface area contributed by atoms with E-state index in [-0.39, 0.29) is 13.2 Å². The van der Waals surface area contributed by atoms with Gasteiger partial charge in [0.2, 0.25) is 0 Å². The van der Waals surface area contributed by atoms with E-state index in [1.54, 1.807) is 13.3 Å². The first-order chi connectivity index (χ1) is 12.3. The summed E-state index contributed by atoms with van der Waals surface area (Å²) < 4.78 is 11.0. The number of rotatable bonds is 6. The van der Waals surface area contributed by atoms with Gasteiger partial charge in [-0.15, -0.1) is 0 Å². The number of aliphatic hydroxyl groups excluding tert-OH is 1. The lowest BCUT2D eigenvalue weighted by atomic mass is 9.94. The third kappa shape index (κ3) is 4.25. The molecule has 0 atom stereocenters. The van der Waals surface area contributed by atoms with Gasteiger partial charge in [-0.3, -0.25) is 9.98 Å². The fourth-order valence-corrected chi connectivity index (χ4v) is 2.85. The van der Waals surface area contributed by atoms with Crippen LogP contribution in [0.1, 0.15) is 24.0 Å². The highest BCUT2D eigenvalue weighted by Gasteiger charge is 2.15. The smallest absolute Gasteiger partial charge is 0.129 e. The number of nitrogens with zero attached hydrogens (tertiary/aromatic N) is 2. The Bertz CT molecular complexity index is 770. The highest BCUT2D eigenvalue weighted by atomic mass is 16.5. The van der Waals surface area contributed by atoms with E-state index in [4.69, 9.17) is 19.6 Å². The summed E-state index contributed by atoms with van der Waals surface area (Å²) in [5.41, 5.74) is 4.20. The molecule has 0 spiro atoms. The number of hydrogen-bond acceptors (Lipinski definition) is 5. The number of ether oxygens (including phenoxy) is 2. The minimum atomic E-state index is -0.0148. The van der Waals surface area contributed by atoms with Crippen molar-refractivity contribution in [3.63, 3.8) is 0 Å². The van der Waals surface area contributed by atoms with Crippen molar-refractivity contribution in [3.05, 3.63) is 59.4 Å². The third-order valence-corrected chi connectivity index (χ3v) is 4.01. The molecule has 1 aliphatic heterocycles. The molecule has 5 heteroatoms. The van der Waals surface area contributed by atoms with E-state index < -0.39 is 0 Å². The molecule has 2 heterocycles. The van der Waals surface area contributed by atoms with Crippen molar-refractivity contribution in [2.45, 2.75) is 12.8 Å². The molecule has 0 saturated carbocycles. The number of methoxy groups -OCH3 is 1. The summed E-state index contributed by atoms with van der Waals surface area (Å²) in [7, 11) is 1.64. The predicted molar refractivity (Wildman–Crippen MR) is 98.4 cm³/mol. The van der Waals surface area contributed by atoms with Crippen LogP contribution in [-0.2, 0) is 0 Å². The van der Waals surface area contributed by atoms with Crippen molar-refractivity contribution in [2.75, 3.05) is 26.9 Å². The normalized spacial score (nSPS) is 15.8. The Hall–Kier alpha value is -2.66. The highest BCUT2D eigenvalue weighted by molar-refractivity contribution is 6.15. The van der Waals surface area contributed by atoms with Crippen molar-refractivity contribution >= 4 is 11.8 Å². The number of benzene rings is 1. The lowest BCUT2D eigenvalue weighted by Gasteiger charge is -2.17. The Morgan fingerprint density at radius 3 is 2.96 bits per heavy atom. The van der Waals surface area contributed by atoms with E-state index >= 15 is 0 Å². The van der Waals surface area contributed by atoms with Gasteiger partial charge in [0.05, 0.1) is 19.4 Å². The Labute approximate surface area is 147 Å². The fourth-order valence-electron chi connectivity index (χ4n) is 2.85. The standard InChI is InChI=1S/C20H22N2O3/c1-24-19-13-18(25-11-10-23)7-6-15(19)12-16-4-3-9-22-20(16)17-5-2-8-21-14-17/h2,5-8,12-14,23H,3-4,9-11H2,1H3/b16-12+. The van der Waals surface area contributed by atoms with Crippen LogP contribution in [0, 0.1) is 0 Å². The first-order valence-corrected chi connectivity index (χ1v) is 8.39. The quantitative estimate of drug-likeness (QED) is 0.879. The van der Waals surface area contributed by atoms with Gasteiger partial charge in [-0.2, -0.15) is 0 Å². The van der Waals surface area contributed by atoms with Gasteiger partial charge in [-0.25, -0.2) is 0 Å². The molecule has 3 rings (SSSR count). The molecule has 0 radical (unpaired) electrons. The second-order valence-corrected chi connectivity index (χ2v) is 5.72. The lowest BCUT2D eigenvalue weighted by molar-refractivity contribution is 0.201. The van der Waals surface area contributed by atoms with Crippen LogP contribution >= 0.6 is 0 Å². The largest absolute Gasteiger partial charge is 0.496 e. The van der Waals surface area contributed by atoms with Gasteiger partial charge in [0, 0.05) is 36.1 Å². The SMILES string of the molecule is COc1cc(OCCO)ccc1/C=C1\CCCN=C1c1cccnc1. The molecule has 0 unspecified atom stereocenters. The summed E-state index contributed by atoms with van der Waals surface area (Å²) in [5, 5.41) is 8.88. The maximum atomic E-state index is 8.88. The molecule has 0 fully saturated rings. The Morgan fingerprint density at radius 1 is 1.28 bits per heavy atom. The molecule has 130 valence electrons. The molecule has 1 aromatic heterocycles. The number of allylic oxidation sites excluding steroid dienone is 1. The van der Waals surface area contributed by atoms with Crippen molar-refractivity contribution in [3.8, 4) is 11.5 Å². The number of aromatic nitrogens is 1. The molecular weight excluding hydrogens is 316 g/mol. The van der Waals surface area contributed by atoms with Gasteiger partial charge in [-0.05, 0) is 48.8 Å². The van der Waals surface area contributed by atoms with Crippen LogP contribution in [-0.4, -0.2) is 42.7 Å². The number of aliphatic hydroxyl groups is 1. The Morgan fingerprint density at radius 2 is 2.20 bits per heavy atom. The summed E-state index contributed by atoms with van der Waals surface area (Å²) in [6, 6.07) is 9.65. The zero-order valence-electron chi connectivity index (χ0n) is 14.3. The van der Waals surface area contributed by atoms with E-state index in [1.165, 1.54) is 5.57 Å². The second-order valence-electron chi connectivity index (χ2n) is 5.72. The van der Waals surface area contributed by atoms with Crippen LogP contribution in [0.3, 0.4) is 0 Å². The predicted octanol–water partition coefficient (Wildman–Crippen LogP) is 3.13. The van der Waals surface area contributed by atoms with Crippen molar-refractivity contribution < 1.29 is 14.6 Å². The van der Waals surface area contributed by atoms with Gasteiger partial charge in [0.25, 0.3) is 0 Å². The maximum absolute atomic E-state index is 8.88. The summed E-state index contributed by atoms with van der Waals surface area (Å²) in [5.74, 6) is 1.41. The first kappa shape index (κ1) is 17.2. The van der Waals surface area contributed by atoms with Crippen LogP contribution in [0.2, 0.25) is 0 Å². The fraction of sp³-hybridized carbons (Fsp3) is 0.300. The monoisotopic (exact) mass is 338 g/mol. The average molecular weight is 338 g/mol. The van der Waals surface area contributed by atoms with E-state index in [0.29, 0.717) is 5.75 Å². The maximum Gasteiger partial charge on any atom is 0.129 e. The number of pyridine rings is 1. The molecule has 1 aromatic carbocycles. The summed E-state index contributed by atoms with van der Waals surface area (Å²) in [6.07, 6.45) is 7.75. The number of hydrogen-bond donors (Lipinski definition) is 1. The van der Waals surface area contributed by atoms with E-state index in [0.717, 1.165) is 42.0 Å². The van der Waals surface area contributed by atoms with Crippen LogP contribution < -0.4 is 9.47 Å². The van der Waals surface area contributed by atoms with Crippen molar-refractivity contribution in [1.29, 1.82) is 0 Å². The summed E-state index contributed by atoms with van der Waals surface area (Å²) >= 11 is 0. The van der Waals surface area contributed by atoms with Crippen LogP contribution in [0.5, 0.6) is 11.5 Å². The topological polar surface area (TPSA) is 63.9 Å². The highest BCUT2D eigenvalue weighted by Crippen LogP contribution is 2.29. The molecule has 25 heavy (non-hydrogen) atoms. The van der Waals surface area contributed by atoms with Gasteiger partial charge >= 0.3 is 0 Å². The zero-order chi connectivity index (χ0) is 17.5. The lowest BCUT2D eigenvalue weighted by Crippen LogP contribution is -2.12. The average Bonchev–Trinajstić information content (AvgIpc) is 2.68. The molecule has 1 N–H and O–H groups in total. The first-order valence-electron chi connectivity index (χ1n) is 8.39. The minimum Gasteiger partial charge on any atom is -0.496 e. The van der Waals surface area contributed by atoms with Gasteiger partial charge in [-0.1, -0.05) is 0 Å². The van der Waals surface area contributed by atoms with Gasteiger partial charge < -0.3 is 14.6 Å². The molecule has 5 nitrogen and oxygen atoms in total. The molecule has 0 amide bonds. The zero-order valence-corrected chi connectivity index (χ0v) is 14.3. The Balaban J connectivity index is 1.93.